The predicted octanol–water partition coefficient (Wildman–Crippen LogP) is 6.57. The summed E-state index contributed by atoms with van der Waals surface area (Å²) in [5.74, 6) is 0.364. The number of carbonyl (C=O) groups is 1. The Hall–Kier alpha value is -2.96. The van der Waals surface area contributed by atoms with Crippen LogP contribution in [0.1, 0.15) is 5.56 Å². The maximum Gasteiger partial charge on any atom is 0.264 e. The first-order valence-electron chi connectivity index (χ1n) is 9.39. The molecule has 0 aliphatic carbocycles. The van der Waals surface area contributed by atoms with Gasteiger partial charge in [-0.25, -0.2) is 4.98 Å². The average Bonchev–Trinajstić information content (AvgIpc) is 3.22. The maximum absolute atomic E-state index is 12.3. The molecule has 0 fully saturated rings. The summed E-state index contributed by atoms with van der Waals surface area (Å²) in [6.07, 6.45) is 0. The van der Waals surface area contributed by atoms with Crippen LogP contribution in [-0.2, 0) is 4.79 Å². The van der Waals surface area contributed by atoms with E-state index in [1.165, 1.54) is 16.9 Å². The van der Waals surface area contributed by atoms with E-state index < -0.39 is 0 Å². The van der Waals surface area contributed by atoms with Crippen LogP contribution in [0, 0.1) is 6.92 Å². The number of hydrogen-bond acceptors (Lipinski definition) is 4. The van der Waals surface area contributed by atoms with Gasteiger partial charge in [0.05, 0.1) is 10.2 Å². The highest BCUT2D eigenvalue weighted by Crippen LogP contribution is 2.31. The lowest BCUT2D eigenvalue weighted by Gasteiger charge is -2.10. The summed E-state index contributed by atoms with van der Waals surface area (Å²) in [4.78, 5) is 16.8. The minimum atomic E-state index is -0.251. The van der Waals surface area contributed by atoms with E-state index in [-0.39, 0.29) is 12.5 Å². The SMILES string of the molecule is Cc1ccc(-c2csc(NC(=O)COc3ccc(-c4ccccc4)cc3Br)n2)cc1. The monoisotopic (exact) mass is 478 g/mol. The van der Waals surface area contributed by atoms with E-state index in [0.29, 0.717) is 10.9 Å². The number of rotatable bonds is 6. The van der Waals surface area contributed by atoms with Crippen LogP contribution in [0.2, 0.25) is 0 Å². The summed E-state index contributed by atoms with van der Waals surface area (Å²) in [5.41, 5.74) is 5.26. The Balaban J connectivity index is 1.35. The third kappa shape index (κ3) is 4.96. The number of aryl methyl sites for hydroxylation is 1. The molecule has 0 saturated carbocycles. The van der Waals surface area contributed by atoms with E-state index in [4.69, 9.17) is 4.74 Å². The Morgan fingerprint density at radius 1 is 1.00 bits per heavy atom. The Labute approximate surface area is 187 Å². The fourth-order valence-electron chi connectivity index (χ4n) is 2.91. The zero-order valence-corrected chi connectivity index (χ0v) is 18.7. The van der Waals surface area contributed by atoms with Crippen LogP contribution in [0.25, 0.3) is 22.4 Å². The zero-order valence-electron chi connectivity index (χ0n) is 16.3. The number of nitrogens with zero attached hydrogens (tertiary/aromatic N) is 1. The third-order valence-corrected chi connectivity index (χ3v) is 5.87. The largest absolute Gasteiger partial charge is 0.483 e. The van der Waals surface area contributed by atoms with Crippen LogP contribution >= 0.6 is 27.3 Å². The number of amides is 1. The number of ether oxygens (including phenoxy) is 1. The number of thiazole rings is 1. The Morgan fingerprint density at radius 3 is 2.47 bits per heavy atom. The lowest BCUT2D eigenvalue weighted by molar-refractivity contribution is -0.118. The van der Waals surface area contributed by atoms with Gasteiger partial charge >= 0.3 is 0 Å². The van der Waals surface area contributed by atoms with Crippen molar-refractivity contribution in [3.63, 3.8) is 0 Å². The average molecular weight is 479 g/mol. The maximum atomic E-state index is 12.3. The van der Waals surface area contributed by atoms with Gasteiger partial charge in [0.2, 0.25) is 0 Å². The van der Waals surface area contributed by atoms with E-state index in [0.717, 1.165) is 26.9 Å². The van der Waals surface area contributed by atoms with Crippen LogP contribution in [0.5, 0.6) is 5.75 Å². The zero-order chi connectivity index (χ0) is 20.9. The fourth-order valence-corrected chi connectivity index (χ4v) is 4.14. The molecule has 6 heteroatoms. The van der Waals surface area contributed by atoms with Crippen LogP contribution in [0.3, 0.4) is 0 Å². The van der Waals surface area contributed by atoms with Crippen molar-refractivity contribution in [2.24, 2.45) is 0 Å². The molecule has 0 bridgehead atoms. The molecule has 0 unspecified atom stereocenters. The molecule has 4 aromatic rings. The molecule has 150 valence electrons. The normalized spacial score (nSPS) is 10.6. The summed E-state index contributed by atoms with van der Waals surface area (Å²) in [7, 11) is 0. The molecule has 4 nitrogen and oxygen atoms in total. The fraction of sp³-hybridized carbons (Fsp3) is 0.0833. The second kappa shape index (κ2) is 9.24. The molecule has 0 aliphatic heterocycles. The Kier molecular flexibility index (Phi) is 6.26. The number of carbonyl (C=O) groups excluding carboxylic acids is 1. The smallest absolute Gasteiger partial charge is 0.264 e. The van der Waals surface area contributed by atoms with E-state index in [2.05, 4.69) is 38.4 Å². The van der Waals surface area contributed by atoms with Crippen molar-refractivity contribution in [3.8, 4) is 28.1 Å². The molecule has 0 radical (unpaired) electrons. The molecule has 4 rings (SSSR count). The highest BCUT2D eigenvalue weighted by molar-refractivity contribution is 9.10. The summed E-state index contributed by atoms with van der Waals surface area (Å²) < 4.78 is 6.48. The van der Waals surface area contributed by atoms with Gasteiger partial charge in [-0.15, -0.1) is 11.3 Å². The molecule has 0 saturated heterocycles. The standard InChI is InChI=1S/C24H19BrN2O2S/c1-16-7-9-18(10-8-16)21-15-30-24(26-21)27-23(28)14-29-22-12-11-19(13-20(22)25)17-5-3-2-4-6-17/h2-13,15H,14H2,1H3,(H,26,27,28). The van der Waals surface area contributed by atoms with E-state index in [9.17, 15) is 4.79 Å². The molecule has 0 atom stereocenters. The number of hydrogen-bond donors (Lipinski definition) is 1. The van der Waals surface area contributed by atoms with E-state index >= 15 is 0 Å². The van der Waals surface area contributed by atoms with Gasteiger partial charge in [0.15, 0.2) is 11.7 Å². The molecule has 1 amide bonds. The summed E-state index contributed by atoms with van der Waals surface area (Å²) in [6.45, 7) is 1.95. The van der Waals surface area contributed by atoms with Crippen molar-refractivity contribution < 1.29 is 9.53 Å². The first-order valence-corrected chi connectivity index (χ1v) is 11.1. The van der Waals surface area contributed by atoms with Crippen molar-refractivity contribution >= 4 is 38.3 Å². The van der Waals surface area contributed by atoms with Crippen LogP contribution in [0.4, 0.5) is 5.13 Å². The van der Waals surface area contributed by atoms with E-state index in [1.807, 2.05) is 73.0 Å². The Bertz CT molecular complexity index is 1160. The van der Waals surface area contributed by atoms with Gasteiger partial charge in [0.25, 0.3) is 5.91 Å². The van der Waals surface area contributed by atoms with Gasteiger partial charge in [-0.2, -0.15) is 0 Å². The van der Waals surface area contributed by atoms with Gasteiger partial charge < -0.3 is 4.74 Å². The Morgan fingerprint density at radius 2 is 1.73 bits per heavy atom. The molecule has 0 aliphatic rings. The topological polar surface area (TPSA) is 51.2 Å². The first-order chi connectivity index (χ1) is 14.6. The van der Waals surface area contributed by atoms with E-state index in [1.54, 1.807) is 0 Å². The van der Waals surface area contributed by atoms with Crippen LogP contribution in [0.15, 0.2) is 82.6 Å². The lowest BCUT2D eigenvalue weighted by Crippen LogP contribution is -2.20. The van der Waals surface area contributed by atoms with Crippen molar-refractivity contribution in [3.05, 3.63) is 88.2 Å². The van der Waals surface area contributed by atoms with Gasteiger partial charge in [-0.3, -0.25) is 10.1 Å². The minimum Gasteiger partial charge on any atom is -0.483 e. The van der Waals surface area contributed by atoms with Crippen molar-refractivity contribution in [1.82, 2.24) is 4.98 Å². The molecule has 1 N–H and O–H groups in total. The molecule has 1 heterocycles. The molecule has 3 aromatic carbocycles. The van der Waals surface area contributed by atoms with Crippen LogP contribution < -0.4 is 10.1 Å². The number of aromatic nitrogens is 1. The first kappa shape index (κ1) is 20.3. The number of benzene rings is 3. The molecular formula is C24H19BrN2O2S. The van der Waals surface area contributed by atoms with Gasteiger partial charge in [0, 0.05) is 10.9 Å². The van der Waals surface area contributed by atoms with Crippen LogP contribution in [-0.4, -0.2) is 17.5 Å². The highest BCUT2D eigenvalue weighted by atomic mass is 79.9. The molecule has 1 aromatic heterocycles. The minimum absolute atomic E-state index is 0.0945. The third-order valence-electron chi connectivity index (χ3n) is 4.50. The predicted molar refractivity (Wildman–Crippen MR) is 126 cm³/mol. The van der Waals surface area contributed by atoms with Gasteiger partial charge in [0.1, 0.15) is 5.75 Å². The summed E-state index contributed by atoms with van der Waals surface area (Å²) >= 11 is 4.92. The number of nitrogens with one attached hydrogen (secondary N) is 1. The molecule has 0 spiro atoms. The quantitative estimate of drug-likeness (QED) is 0.341. The van der Waals surface area contributed by atoms with Gasteiger partial charge in [-0.1, -0.05) is 66.2 Å². The van der Waals surface area contributed by atoms with Crippen molar-refractivity contribution in [2.75, 3.05) is 11.9 Å². The summed E-state index contributed by atoms with van der Waals surface area (Å²) in [5, 5.41) is 5.28. The second-order valence-electron chi connectivity index (χ2n) is 6.75. The van der Waals surface area contributed by atoms with Crippen molar-refractivity contribution in [1.29, 1.82) is 0 Å². The number of halogens is 1. The van der Waals surface area contributed by atoms with Crippen molar-refractivity contribution in [2.45, 2.75) is 6.92 Å². The van der Waals surface area contributed by atoms with Gasteiger partial charge in [-0.05, 0) is 46.1 Å². The number of anilines is 1. The summed E-state index contributed by atoms with van der Waals surface area (Å²) in [6, 6.07) is 24.0. The molecular weight excluding hydrogens is 460 g/mol. The highest BCUT2D eigenvalue weighted by Gasteiger charge is 2.11. The molecule has 30 heavy (non-hydrogen) atoms. The second-order valence-corrected chi connectivity index (χ2v) is 8.46. The lowest BCUT2D eigenvalue weighted by atomic mass is 10.1.